The van der Waals surface area contributed by atoms with E-state index in [9.17, 15) is 13.2 Å². The van der Waals surface area contributed by atoms with E-state index in [1.165, 1.54) is 13.2 Å². The summed E-state index contributed by atoms with van der Waals surface area (Å²) in [5.41, 5.74) is 0.0761. The van der Waals surface area contributed by atoms with Crippen molar-refractivity contribution in [2.45, 2.75) is 44.8 Å². The van der Waals surface area contributed by atoms with Gasteiger partial charge in [0.1, 0.15) is 5.75 Å². The summed E-state index contributed by atoms with van der Waals surface area (Å²) in [4.78, 5) is 2.29. The molecule has 3 nitrogen and oxygen atoms in total. The average molecular weight is 344 g/mol. The molecule has 1 atom stereocenters. The maximum Gasteiger partial charge on any atom is 0.416 e. The number of methoxy groups -OCH3 is 1. The Balaban J connectivity index is 2.32. The average Bonchev–Trinajstić information content (AvgIpc) is 2.58. The predicted octanol–water partition coefficient (Wildman–Crippen LogP) is 4.24. The van der Waals surface area contributed by atoms with Crippen LogP contribution < -0.4 is 10.1 Å². The molecule has 1 heterocycles. The highest BCUT2D eigenvalue weighted by Crippen LogP contribution is 2.36. The van der Waals surface area contributed by atoms with Crippen molar-refractivity contribution in [3.05, 3.63) is 29.3 Å². The van der Waals surface area contributed by atoms with E-state index in [4.69, 9.17) is 4.74 Å². The Bertz CT molecular complexity index is 513. The van der Waals surface area contributed by atoms with E-state index in [0.717, 1.165) is 57.9 Å². The number of halogens is 3. The molecule has 0 spiro atoms. The number of unbranched alkanes of at least 4 members (excludes halogenated alkanes) is 2. The first kappa shape index (κ1) is 19.1. The standard InChI is InChI=1S/C18H27F3N2O/c1-3-4-5-6-17(23-9-7-22-8-10-23)14-11-15(18(19,20)21)13-16(12-14)24-2/h11-13,17,22H,3-10H2,1-2H3/t17-/m1/s1. The zero-order valence-corrected chi connectivity index (χ0v) is 14.5. The van der Waals surface area contributed by atoms with Crippen molar-refractivity contribution in [3.8, 4) is 5.75 Å². The third-order valence-corrected chi connectivity index (χ3v) is 4.55. The number of hydrogen-bond donors (Lipinski definition) is 1. The molecule has 1 aliphatic rings. The Morgan fingerprint density at radius 2 is 1.88 bits per heavy atom. The molecule has 1 N–H and O–H groups in total. The predicted molar refractivity (Wildman–Crippen MR) is 89.3 cm³/mol. The van der Waals surface area contributed by atoms with Gasteiger partial charge < -0.3 is 10.1 Å². The third kappa shape index (κ3) is 5.11. The van der Waals surface area contributed by atoms with E-state index in [2.05, 4.69) is 17.1 Å². The number of hydrogen-bond acceptors (Lipinski definition) is 3. The van der Waals surface area contributed by atoms with E-state index in [-0.39, 0.29) is 11.8 Å². The highest BCUT2D eigenvalue weighted by Gasteiger charge is 2.33. The molecule has 0 saturated carbocycles. The van der Waals surface area contributed by atoms with Crippen molar-refractivity contribution in [2.75, 3.05) is 33.3 Å². The molecule has 0 bridgehead atoms. The topological polar surface area (TPSA) is 24.5 Å². The van der Waals surface area contributed by atoms with Crippen LogP contribution in [0.2, 0.25) is 0 Å². The maximum atomic E-state index is 13.2. The van der Waals surface area contributed by atoms with Gasteiger partial charge in [0.05, 0.1) is 12.7 Å². The second-order valence-corrected chi connectivity index (χ2v) is 6.29. The fourth-order valence-corrected chi connectivity index (χ4v) is 3.24. The number of nitrogens with one attached hydrogen (secondary N) is 1. The molecule has 2 rings (SSSR count). The van der Waals surface area contributed by atoms with Gasteiger partial charge in [-0.1, -0.05) is 26.2 Å². The van der Waals surface area contributed by atoms with Gasteiger partial charge in [0.2, 0.25) is 0 Å². The first-order valence-corrected chi connectivity index (χ1v) is 8.66. The van der Waals surface area contributed by atoms with Crippen LogP contribution in [0.15, 0.2) is 18.2 Å². The van der Waals surface area contributed by atoms with Crippen LogP contribution in [0.5, 0.6) is 5.75 Å². The maximum absolute atomic E-state index is 13.2. The molecule has 0 aliphatic carbocycles. The Kier molecular flexibility index (Phi) is 6.92. The van der Waals surface area contributed by atoms with E-state index >= 15 is 0 Å². The van der Waals surface area contributed by atoms with E-state index in [0.29, 0.717) is 5.56 Å². The van der Waals surface area contributed by atoms with Crippen LogP contribution in [-0.2, 0) is 6.18 Å². The lowest BCUT2D eigenvalue weighted by Crippen LogP contribution is -2.45. The molecule has 1 aliphatic heterocycles. The van der Waals surface area contributed by atoms with Crippen LogP contribution in [-0.4, -0.2) is 38.2 Å². The lowest BCUT2D eigenvalue weighted by atomic mass is 9.96. The highest BCUT2D eigenvalue weighted by atomic mass is 19.4. The zero-order chi connectivity index (χ0) is 17.6. The Morgan fingerprint density at radius 1 is 1.17 bits per heavy atom. The highest BCUT2D eigenvalue weighted by molar-refractivity contribution is 5.37. The lowest BCUT2D eigenvalue weighted by molar-refractivity contribution is -0.137. The number of piperazine rings is 1. The molecule has 0 amide bonds. The van der Waals surface area contributed by atoms with Crippen LogP contribution in [0.3, 0.4) is 0 Å². The number of rotatable bonds is 7. The summed E-state index contributed by atoms with van der Waals surface area (Å²) < 4.78 is 44.8. The van der Waals surface area contributed by atoms with Gasteiger partial charge in [0.25, 0.3) is 0 Å². The number of benzene rings is 1. The van der Waals surface area contributed by atoms with Crippen LogP contribution in [0.25, 0.3) is 0 Å². The van der Waals surface area contributed by atoms with Gasteiger partial charge in [-0.05, 0) is 30.2 Å². The first-order chi connectivity index (χ1) is 11.5. The summed E-state index contributed by atoms with van der Waals surface area (Å²) >= 11 is 0. The molecule has 1 aromatic rings. The molecule has 136 valence electrons. The minimum Gasteiger partial charge on any atom is -0.497 e. The molecule has 24 heavy (non-hydrogen) atoms. The minimum atomic E-state index is -4.36. The smallest absolute Gasteiger partial charge is 0.416 e. The van der Waals surface area contributed by atoms with Gasteiger partial charge in [-0.2, -0.15) is 13.2 Å². The van der Waals surface area contributed by atoms with Gasteiger partial charge in [-0.15, -0.1) is 0 Å². The molecule has 0 unspecified atom stereocenters. The van der Waals surface area contributed by atoms with Crippen molar-refractivity contribution < 1.29 is 17.9 Å². The van der Waals surface area contributed by atoms with Crippen LogP contribution in [0.1, 0.15) is 49.8 Å². The Morgan fingerprint density at radius 3 is 2.46 bits per heavy atom. The van der Waals surface area contributed by atoms with Gasteiger partial charge in [0, 0.05) is 32.2 Å². The second kappa shape index (κ2) is 8.72. The molecule has 1 aromatic carbocycles. The molecule has 0 radical (unpaired) electrons. The van der Waals surface area contributed by atoms with Crippen molar-refractivity contribution in [2.24, 2.45) is 0 Å². The summed E-state index contributed by atoms with van der Waals surface area (Å²) in [6, 6.07) is 4.13. The van der Waals surface area contributed by atoms with Crippen molar-refractivity contribution in [1.82, 2.24) is 10.2 Å². The summed E-state index contributed by atoms with van der Waals surface area (Å²) in [5, 5.41) is 3.30. The molecular weight excluding hydrogens is 317 g/mol. The Labute approximate surface area is 142 Å². The minimum absolute atomic E-state index is 0.00912. The molecule has 6 heteroatoms. The quantitative estimate of drug-likeness (QED) is 0.749. The molecule has 0 aromatic heterocycles. The van der Waals surface area contributed by atoms with Crippen LogP contribution in [0, 0.1) is 0 Å². The fraction of sp³-hybridized carbons (Fsp3) is 0.667. The third-order valence-electron chi connectivity index (χ3n) is 4.55. The van der Waals surface area contributed by atoms with Gasteiger partial charge in [0.15, 0.2) is 0 Å². The van der Waals surface area contributed by atoms with E-state index in [1.807, 2.05) is 0 Å². The van der Waals surface area contributed by atoms with Crippen LogP contribution in [0.4, 0.5) is 13.2 Å². The molecular formula is C18H27F3N2O. The van der Waals surface area contributed by atoms with E-state index < -0.39 is 11.7 Å². The number of ether oxygens (including phenoxy) is 1. The van der Waals surface area contributed by atoms with Gasteiger partial charge in [-0.3, -0.25) is 4.90 Å². The SMILES string of the molecule is CCCCC[C@H](c1cc(OC)cc(C(F)(F)F)c1)N1CCNCC1. The van der Waals surface area contributed by atoms with E-state index in [1.54, 1.807) is 6.07 Å². The summed E-state index contributed by atoms with van der Waals surface area (Å²) in [6.07, 6.45) is -0.276. The van der Waals surface area contributed by atoms with Crippen molar-refractivity contribution >= 4 is 0 Å². The van der Waals surface area contributed by atoms with Crippen molar-refractivity contribution in [3.63, 3.8) is 0 Å². The lowest BCUT2D eigenvalue weighted by Gasteiger charge is -2.35. The van der Waals surface area contributed by atoms with Crippen LogP contribution >= 0.6 is 0 Å². The normalized spacial score (nSPS) is 17.7. The summed E-state index contributed by atoms with van der Waals surface area (Å²) in [7, 11) is 1.41. The molecule has 1 fully saturated rings. The largest absolute Gasteiger partial charge is 0.497 e. The number of alkyl halides is 3. The zero-order valence-electron chi connectivity index (χ0n) is 14.5. The van der Waals surface area contributed by atoms with Gasteiger partial charge >= 0.3 is 6.18 Å². The molecule has 1 saturated heterocycles. The number of nitrogens with zero attached hydrogens (tertiary/aromatic N) is 1. The first-order valence-electron chi connectivity index (χ1n) is 8.66. The monoisotopic (exact) mass is 344 g/mol. The second-order valence-electron chi connectivity index (χ2n) is 6.29. The van der Waals surface area contributed by atoms with Gasteiger partial charge in [-0.25, -0.2) is 0 Å². The Hall–Kier alpha value is -1.27. The summed E-state index contributed by atoms with van der Waals surface area (Å²) in [6.45, 7) is 5.60. The van der Waals surface area contributed by atoms with Crippen molar-refractivity contribution in [1.29, 1.82) is 0 Å². The summed E-state index contributed by atoms with van der Waals surface area (Å²) in [5.74, 6) is 0.274. The fourth-order valence-electron chi connectivity index (χ4n) is 3.24.